The first-order chi connectivity index (χ1) is 12.2. The minimum atomic E-state index is -0.346. The fourth-order valence-electron chi connectivity index (χ4n) is 3.53. The number of anilines is 1. The van der Waals surface area contributed by atoms with Crippen molar-refractivity contribution in [2.75, 3.05) is 11.4 Å². The Balaban J connectivity index is 0.00000338. The van der Waals surface area contributed by atoms with Gasteiger partial charge in [-0.05, 0) is 37.0 Å². The van der Waals surface area contributed by atoms with Gasteiger partial charge in [-0.2, -0.15) is 6.42 Å². The van der Waals surface area contributed by atoms with E-state index in [0.29, 0.717) is 6.04 Å². The first-order valence-electron chi connectivity index (χ1n) is 9.80. The van der Waals surface area contributed by atoms with E-state index in [0.717, 1.165) is 50.6 Å². The molecule has 0 bridgehead atoms. The minimum absolute atomic E-state index is 0. The molecule has 4 heteroatoms. The van der Waals surface area contributed by atoms with Gasteiger partial charge in [0.1, 0.15) is 0 Å². The van der Waals surface area contributed by atoms with Gasteiger partial charge in [-0.15, -0.1) is 11.6 Å². The summed E-state index contributed by atoms with van der Waals surface area (Å²) in [5.41, 5.74) is 2.23. The Bertz CT molecular complexity index is 519. The topological polar surface area (TPSA) is 23.5 Å². The van der Waals surface area contributed by atoms with Crippen LogP contribution in [0.5, 0.6) is 0 Å². The second-order valence-electron chi connectivity index (χ2n) is 7.02. The summed E-state index contributed by atoms with van der Waals surface area (Å²) in [6.07, 6.45) is 12.4. The SMILES string of the molecule is [CH2-]CC/C=C\C[C@H]1[C@H](Cl)CCN1c1ccc(C(O)CCCCC)cc1.[Y]. The predicted octanol–water partition coefficient (Wildman–Crippen LogP) is 6.04. The van der Waals surface area contributed by atoms with E-state index in [1.165, 1.54) is 18.5 Å². The summed E-state index contributed by atoms with van der Waals surface area (Å²) in [4.78, 5) is 2.42. The van der Waals surface area contributed by atoms with Crippen LogP contribution in [0.25, 0.3) is 0 Å². The van der Waals surface area contributed by atoms with Gasteiger partial charge in [-0.3, -0.25) is 0 Å². The fourth-order valence-corrected chi connectivity index (χ4v) is 3.86. The van der Waals surface area contributed by atoms with Crippen LogP contribution in [-0.4, -0.2) is 23.1 Å². The molecule has 0 amide bonds. The van der Waals surface area contributed by atoms with Crippen LogP contribution in [0.1, 0.15) is 70.0 Å². The van der Waals surface area contributed by atoms with Crippen molar-refractivity contribution in [1.29, 1.82) is 0 Å². The first kappa shape index (κ1) is 24.2. The molecule has 26 heavy (non-hydrogen) atoms. The van der Waals surface area contributed by atoms with Crippen LogP contribution in [0.4, 0.5) is 5.69 Å². The van der Waals surface area contributed by atoms with Crippen molar-refractivity contribution in [2.45, 2.75) is 75.8 Å². The normalized spacial score (nSPS) is 21.2. The van der Waals surface area contributed by atoms with Crippen molar-refractivity contribution >= 4 is 17.3 Å². The molecule has 1 aliphatic heterocycles. The first-order valence-corrected chi connectivity index (χ1v) is 10.2. The van der Waals surface area contributed by atoms with E-state index in [2.05, 4.69) is 55.2 Å². The molecule has 0 saturated carbocycles. The molecule has 0 aromatic heterocycles. The average Bonchev–Trinajstić information content (AvgIpc) is 3.00. The summed E-state index contributed by atoms with van der Waals surface area (Å²) in [5.74, 6) is 0. The van der Waals surface area contributed by atoms with E-state index in [1.807, 2.05) is 0 Å². The number of hydrogen-bond acceptors (Lipinski definition) is 2. The summed E-state index contributed by atoms with van der Waals surface area (Å²) >= 11 is 6.56. The molecule has 3 atom stereocenters. The van der Waals surface area contributed by atoms with Gasteiger partial charge in [0.25, 0.3) is 0 Å². The third-order valence-electron chi connectivity index (χ3n) is 5.07. The number of unbranched alkanes of at least 4 members (excludes halogenated alkanes) is 3. The number of nitrogens with zero attached hydrogens (tertiary/aromatic N) is 1. The number of benzene rings is 1. The second kappa shape index (κ2) is 13.3. The molecule has 1 aliphatic rings. The van der Waals surface area contributed by atoms with Crippen molar-refractivity contribution in [2.24, 2.45) is 0 Å². The average molecular weight is 452 g/mol. The molecule has 1 aromatic rings. The van der Waals surface area contributed by atoms with Crippen LogP contribution in [0, 0.1) is 6.92 Å². The molecule has 1 saturated heterocycles. The van der Waals surface area contributed by atoms with Gasteiger partial charge in [0.05, 0.1) is 11.5 Å². The Labute approximate surface area is 190 Å². The second-order valence-corrected chi connectivity index (χ2v) is 7.58. The molecule has 0 spiro atoms. The molecule has 143 valence electrons. The number of aliphatic hydroxyl groups is 1. The van der Waals surface area contributed by atoms with E-state index in [-0.39, 0.29) is 44.2 Å². The molecular formula is C22H33ClNOY-. The van der Waals surface area contributed by atoms with Crippen molar-refractivity contribution < 1.29 is 37.8 Å². The number of alkyl halides is 1. The molecule has 0 aliphatic carbocycles. The van der Waals surface area contributed by atoms with Gasteiger partial charge in [-0.1, -0.05) is 56.9 Å². The quantitative estimate of drug-likeness (QED) is 0.203. The zero-order chi connectivity index (χ0) is 18.1. The van der Waals surface area contributed by atoms with E-state index < -0.39 is 0 Å². The molecule has 1 fully saturated rings. The maximum atomic E-state index is 10.3. The Kier molecular flexibility index (Phi) is 12.4. The Morgan fingerprint density at radius 3 is 2.65 bits per heavy atom. The largest absolute Gasteiger partial charge is 0.388 e. The zero-order valence-electron chi connectivity index (χ0n) is 16.1. The van der Waals surface area contributed by atoms with Crippen LogP contribution >= 0.6 is 11.6 Å². The Hall–Kier alpha value is 0.114. The maximum Gasteiger partial charge on any atom is 0.0790 e. The Morgan fingerprint density at radius 1 is 1.27 bits per heavy atom. The summed E-state index contributed by atoms with van der Waals surface area (Å²) < 4.78 is 0. The van der Waals surface area contributed by atoms with Gasteiger partial charge in [0, 0.05) is 51.0 Å². The standard InChI is InChI=1S/C22H33ClNO.Y/c1-3-5-7-9-10-21-20(23)16-17-24(21)19-14-12-18(13-15-19)22(25)11-8-6-4-2;/h7,9,12-15,20-22,25H,1,3-6,8,10-11,16-17H2,2H3;/q-1;/b9-7-;/t20-,21+,22?;/m1./s1. The van der Waals surface area contributed by atoms with Crippen LogP contribution in [0.2, 0.25) is 0 Å². The van der Waals surface area contributed by atoms with Gasteiger partial charge in [0.15, 0.2) is 0 Å². The molecule has 2 nitrogen and oxygen atoms in total. The number of aliphatic hydroxyl groups excluding tert-OH is 1. The minimum Gasteiger partial charge on any atom is -0.388 e. The number of rotatable bonds is 10. The monoisotopic (exact) mass is 451 g/mol. The van der Waals surface area contributed by atoms with Gasteiger partial charge < -0.3 is 16.9 Å². The summed E-state index contributed by atoms with van der Waals surface area (Å²) in [5, 5.41) is 10.5. The number of halogens is 1. The molecular weight excluding hydrogens is 419 g/mol. The molecule has 2 rings (SSSR count). The van der Waals surface area contributed by atoms with E-state index in [1.54, 1.807) is 0 Å². The molecule has 1 aromatic carbocycles. The van der Waals surface area contributed by atoms with Crippen molar-refractivity contribution in [3.63, 3.8) is 0 Å². The maximum absolute atomic E-state index is 10.3. The van der Waals surface area contributed by atoms with Gasteiger partial charge in [-0.25, -0.2) is 0 Å². The number of allylic oxidation sites excluding steroid dienone is 1. The van der Waals surface area contributed by atoms with Crippen LogP contribution in [0.15, 0.2) is 36.4 Å². The Morgan fingerprint density at radius 2 is 2.00 bits per heavy atom. The fraction of sp³-hybridized carbons (Fsp3) is 0.591. The number of hydrogen-bond donors (Lipinski definition) is 1. The summed E-state index contributed by atoms with van der Waals surface area (Å²) in [7, 11) is 0. The van der Waals surface area contributed by atoms with Crippen LogP contribution < -0.4 is 4.90 Å². The third kappa shape index (κ3) is 7.26. The van der Waals surface area contributed by atoms with Crippen LogP contribution in [-0.2, 0) is 32.7 Å². The smallest absolute Gasteiger partial charge is 0.0790 e. The third-order valence-corrected chi connectivity index (χ3v) is 5.58. The van der Waals surface area contributed by atoms with Crippen LogP contribution in [0.3, 0.4) is 0 Å². The molecule has 1 unspecified atom stereocenters. The van der Waals surface area contributed by atoms with Crippen molar-refractivity contribution in [3.8, 4) is 0 Å². The van der Waals surface area contributed by atoms with E-state index in [9.17, 15) is 5.11 Å². The zero-order valence-corrected chi connectivity index (χ0v) is 19.7. The van der Waals surface area contributed by atoms with Gasteiger partial charge >= 0.3 is 0 Å². The summed E-state index contributed by atoms with van der Waals surface area (Å²) in [6.45, 7) is 7.06. The van der Waals surface area contributed by atoms with Crippen molar-refractivity contribution in [1.82, 2.24) is 0 Å². The predicted molar refractivity (Wildman–Crippen MR) is 109 cm³/mol. The molecule has 1 radical (unpaired) electrons. The summed E-state index contributed by atoms with van der Waals surface area (Å²) in [6, 6.07) is 8.77. The van der Waals surface area contributed by atoms with Crippen molar-refractivity contribution in [3.05, 3.63) is 48.9 Å². The molecule has 1 heterocycles. The van der Waals surface area contributed by atoms with Gasteiger partial charge in [0.2, 0.25) is 0 Å². The van der Waals surface area contributed by atoms with E-state index in [4.69, 9.17) is 11.6 Å². The molecule has 1 N–H and O–H groups in total. The van der Waals surface area contributed by atoms with E-state index >= 15 is 0 Å².